The number of aromatic nitrogens is 2. The van der Waals surface area contributed by atoms with E-state index in [4.69, 9.17) is 10.2 Å². The molecular weight excluding hydrogens is 332 g/mol. The zero-order valence-corrected chi connectivity index (χ0v) is 15.4. The van der Waals surface area contributed by atoms with Crippen molar-refractivity contribution < 1.29 is 31.8 Å². The molecule has 0 amide bonds. The average Bonchev–Trinajstić information content (AvgIpc) is 2.89. The lowest BCUT2D eigenvalue weighted by molar-refractivity contribution is -0.671. The smallest absolute Gasteiger partial charge is 0.243 e. The highest BCUT2D eigenvalue weighted by Gasteiger charge is 2.00. The van der Waals surface area contributed by atoms with Gasteiger partial charge in [0.25, 0.3) is 0 Å². The molecule has 0 saturated carbocycles. The first-order valence-corrected chi connectivity index (χ1v) is 7.93. The van der Waals surface area contributed by atoms with Gasteiger partial charge in [-0.2, -0.15) is 0 Å². The molecule has 0 aliphatic heterocycles. The Morgan fingerprint density at radius 1 is 1.10 bits per heavy atom. The van der Waals surface area contributed by atoms with Crippen molar-refractivity contribution in [3.8, 4) is 0 Å². The Bertz CT molecular complexity index is 319. The van der Waals surface area contributed by atoms with Crippen LogP contribution in [-0.2, 0) is 13.6 Å². The van der Waals surface area contributed by atoms with Crippen LogP contribution in [-0.4, -0.2) is 27.5 Å². The zero-order chi connectivity index (χ0) is 15.2. The number of imidazole rings is 1. The number of aliphatic hydroxyl groups excluding tert-OH is 2. The molecule has 0 saturated heterocycles. The van der Waals surface area contributed by atoms with Gasteiger partial charge in [-0.15, -0.1) is 0 Å². The van der Waals surface area contributed by atoms with E-state index in [-0.39, 0.29) is 23.6 Å². The summed E-state index contributed by atoms with van der Waals surface area (Å²) < 4.78 is 4.16. The van der Waals surface area contributed by atoms with E-state index >= 15 is 0 Å². The molecule has 0 spiro atoms. The van der Waals surface area contributed by atoms with Gasteiger partial charge in [-0.25, -0.2) is 9.13 Å². The molecule has 1 heterocycles. The minimum atomic E-state index is -0.490. The normalized spacial score (nSPS) is 11.3. The van der Waals surface area contributed by atoms with Crippen LogP contribution in [0.5, 0.6) is 0 Å². The van der Waals surface area contributed by atoms with Gasteiger partial charge >= 0.3 is 0 Å². The van der Waals surface area contributed by atoms with Crippen molar-refractivity contribution in [3.63, 3.8) is 0 Å². The van der Waals surface area contributed by atoms with Crippen LogP contribution in [0.15, 0.2) is 18.7 Å². The number of hydrogen-bond acceptors (Lipinski definition) is 2. The maximum atomic E-state index is 9.01. The molecule has 5 heteroatoms. The minimum absolute atomic E-state index is 0. The fourth-order valence-corrected chi connectivity index (χ4v) is 1.94. The highest BCUT2D eigenvalue weighted by atomic mass is 79.9. The van der Waals surface area contributed by atoms with E-state index in [1.807, 2.05) is 17.8 Å². The van der Waals surface area contributed by atoms with Crippen molar-refractivity contribution in [2.24, 2.45) is 7.05 Å². The summed E-state index contributed by atoms with van der Waals surface area (Å²) in [5, 5.41) is 17.5. The van der Waals surface area contributed by atoms with Crippen LogP contribution in [0, 0.1) is 0 Å². The Kier molecular flexibility index (Phi) is 17.4. The molecule has 0 fully saturated rings. The molecule has 1 aromatic heterocycles. The Hall–Kier alpha value is -0.390. The quantitative estimate of drug-likeness (QED) is 0.455. The molecule has 21 heavy (non-hydrogen) atoms. The second-order valence-electron chi connectivity index (χ2n) is 5.30. The summed E-state index contributed by atoms with van der Waals surface area (Å²) in [6, 6.07) is 0. The first kappa shape index (κ1) is 22.9. The molecule has 0 radical (unpaired) electrons. The average molecular weight is 365 g/mol. The standard InChI is InChI=1S/C10H22O2.C6H11N2.BrH/c1-2-3-4-5-6-7-8-10(12)9-11;1-3-8-5-4-7(2)6-8;/h10-12H,2-9H2,1H3;4-6H,3H2,1-2H3;1H/q;+1;/p-1. The number of rotatable bonds is 9. The zero-order valence-electron chi connectivity index (χ0n) is 13.8. The summed E-state index contributed by atoms with van der Waals surface area (Å²) in [7, 11) is 2.02. The Labute approximate surface area is 140 Å². The summed E-state index contributed by atoms with van der Waals surface area (Å²) in [6.45, 7) is 5.30. The van der Waals surface area contributed by atoms with Crippen LogP contribution in [0.4, 0.5) is 0 Å². The molecule has 0 aliphatic rings. The van der Waals surface area contributed by atoms with Crippen molar-refractivity contribution in [2.45, 2.75) is 71.4 Å². The third-order valence-electron chi connectivity index (χ3n) is 3.29. The Balaban J connectivity index is 0. The highest BCUT2D eigenvalue weighted by molar-refractivity contribution is 4.63. The predicted octanol–water partition coefficient (Wildman–Crippen LogP) is -0.573. The molecule has 1 unspecified atom stereocenters. The number of aryl methyl sites for hydroxylation is 2. The highest BCUT2D eigenvalue weighted by Crippen LogP contribution is 2.08. The second-order valence-corrected chi connectivity index (χ2v) is 5.30. The molecule has 0 aromatic carbocycles. The molecule has 0 bridgehead atoms. The maximum absolute atomic E-state index is 9.01. The first-order chi connectivity index (χ1) is 9.63. The largest absolute Gasteiger partial charge is 1.00 e. The molecule has 0 aliphatic carbocycles. The van der Waals surface area contributed by atoms with E-state index in [2.05, 4.69) is 30.9 Å². The van der Waals surface area contributed by atoms with Gasteiger partial charge in [-0.05, 0) is 13.3 Å². The molecule has 4 nitrogen and oxygen atoms in total. The van der Waals surface area contributed by atoms with Gasteiger partial charge in [0.2, 0.25) is 6.33 Å². The number of hydrogen-bond donors (Lipinski definition) is 2. The lowest BCUT2D eigenvalue weighted by Gasteiger charge is -2.05. The summed E-state index contributed by atoms with van der Waals surface area (Å²) >= 11 is 0. The first-order valence-electron chi connectivity index (χ1n) is 7.93. The summed E-state index contributed by atoms with van der Waals surface area (Å²) in [5.41, 5.74) is 0. The number of halogens is 1. The van der Waals surface area contributed by atoms with Crippen molar-refractivity contribution in [1.29, 1.82) is 0 Å². The topological polar surface area (TPSA) is 49.3 Å². The van der Waals surface area contributed by atoms with Crippen LogP contribution >= 0.6 is 0 Å². The Morgan fingerprint density at radius 2 is 1.71 bits per heavy atom. The third kappa shape index (κ3) is 14.3. The van der Waals surface area contributed by atoms with Gasteiger partial charge in [0.05, 0.1) is 26.3 Å². The van der Waals surface area contributed by atoms with E-state index in [1.165, 1.54) is 32.1 Å². The van der Waals surface area contributed by atoms with Crippen LogP contribution in [0.1, 0.15) is 58.8 Å². The number of aliphatic hydroxyl groups is 2. The molecule has 1 aromatic rings. The summed E-state index contributed by atoms with van der Waals surface area (Å²) in [6.07, 6.45) is 13.8. The molecular formula is C16H33BrN2O2. The predicted molar refractivity (Wildman–Crippen MR) is 82.4 cm³/mol. The fraction of sp³-hybridized carbons (Fsp3) is 0.812. The van der Waals surface area contributed by atoms with Gasteiger partial charge < -0.3 is 27.2 Å². The van der Waals surface area contributed by atoms with Crippen LogP contribution in [0.2, 0.25) is 0 Å². The van der Waals surface area contributed by atoms with E-state index in [0.29, 0.717) is 0 Å². The maximum Gasteiger partial charge on any atom is 0.243 e. The fourth-order valence-electron chi connectivity index (χ4n) is 1.94. The van der Waals surface area contributed by atoms with Crippen LogP contribution in [0.25, 0.3) is 0 Å². The van der Waals surface area contributed by atoms with Gasteiger partial charge in [0, 0.05) is 0 Å². The second kappa shape index (κ2) is 16.0. The van der Waals surface area contributed by atoms with Crippen molar-refractivity contribution in [1.82, 2.24) is 4.57 Å². The Morgan fingerprint density at radius 3 is 2.14 bits per heavy atom. The van der Waals surface area contributed by atoms with E-state index in [0.717, 1.165) is 19.4 Å². The summed E-state index contributed by atoms with van der Waals surface area (Å²) in [4.78, 5) is 0. The molecule has 1 rings (SSSR count). The molecule has 1 atom stereocenters. The van der Waals surface area contributed by atoms with Crippen LogP contribution < -0.4 is 21.5 Å². The summed E-state index contributed by atoms with van der Waals surface area (Å²) in [5.74, 6) is 0. The lowest BCUT2D eigenvalue weighted by Crippen LogP contribution is -3.00. The SMILES string of the molecule is CCCCCCCCC(O)CO.CCn1cc[n+](C)c1.[Br-]. The van der Waals surface area contributed by atoms with Gasteiger partial charge in [-0.3, -0.25) is 0 Å². The lowest BCUT2D eigenvalue weighted by atomic mass is 10.1. The monoisotopic (exact) mass is 364 g/mol. The van der Waals surface area contributed by atoms with Crippen molar-refractivity contribution in [3.05, 3.63) is 18.7 Å². The third-order valence-corrected chi connectivity index (χ3v) is 3.29. The molecule has 2 N–H and O–H groups in total. The van der Waals surface area contributed by atoms with E-state index in [9.17, 15) is 0 Å². The van der Waals surface area contributed by atoms with Crippen molar-refractivity contribution in [2.75, 3.05) is 6.61 Å². The van der Waals surface area contributed by atoms with E-state index in [1.54, 1.807) is 0 Å². The van der Waals surface area contributed by atoms with Gasteiger partial charge in [0.15, 0.2) is 0 Å². The number of unbranched alkanes of at least 4 members (excludes halogenated alkanes) is 5. The van der Waals surface area contributed by atoms with E-state index < -0.39 is 6.10 Å². The minimum Gasteiger partial charge on any atom is -1.00 e. The van der Waals surface area contributed by atoms with Crippen LogP contribution in [0.3, 0.4) is 0 Å². The van der Waals surface area contributed by atoms with Crippen molar-refractivity contribution >= 4 is 0 Å². The van der Waals surface area contributed by atoms with Gasteiger partial charge in [-0.1, -0.05) is 45.4 Å². The number of nitrogens with zero attached hydrogens (tertiary/aromatic N) is 2. The van der Waals surface area contributed by atoms with Gasteiger partial charge in [0.1, 0.15) is 12.4 Å². The molecule has 126 valence electrons.